The summed E-state index contributed by atoms with van der Waals surface area (Å²) in [6.45, 7) is 13.9. The van der Waals surface area contributed by atoms with Gasteiger partial charge in [-0.05, 0) is 26.3 Å². The van der Waals surface area contributed by atoms with E-state index >= 15 is 0 Å². The molecule has 32 heavy (non-hydrogen) atoms. The Labute approximate surface area is 193 Å². The van der Waals surface area contributed by atoms with Crippen LogP contribution in [-0.2, 0) is 0 Å². The molecule has 3 aromatic heterocycles. The molecule has 0 spiro atoms. The summed E-state index contributed by atoms with van der Waals surface area (Å²) in [5.41, 5.74) is 4.28. The van der Waals surface area contributed by atoms with Gasteiger partial charge in [0.05, 0.1) is 16.8 Å². The maximum Gasteiger partial charge on any atom is 0.258 e. The summed E-state index contributed by atoms with van der Waals surface area (Å²) in [6.07, 6.45) is 11.0. The molecule has 7 heteroatoms. The molecule has 0 saturated heterocycles. The Morgan fingerprint density at radius 3 is 2.62 bits per heavy atom. The van der Waals surface area contributed by atoms with E-state index in [2.05, 4.69) is 40.7 Å². The monoisotopic (exact) mass is 452 g/mol. The molecule has 0 radical (unpaired) electrons. The second-order valence-electron chi connectivity index (χ2n) is 7.49. The fraction of sp³-hybridized carbons (Fsp3) is 0.320. The second kappa shape index (κ2) is 12.0. The van der Waals surface area contributed by atoms with Gasteiger partial charge in [-0.1, -0.05) is 52.0 Å². The molecule has 0 aromatic carbocycles. The van der Waals surface area contributed by atoms with Gasteiger partial charge in [-0.2, -0.15) is 0 Å². The quantitative estimate of drug-likeness (QED) is 0.387. The number of allylic oxidation sites excluding steroid dienone is 2. The highest BCUT2D eigenvalue weighted by molar-refractivity contribution is 7.13. The fourth-order valence-corrected chi connectivity index (χ4v) is 3.67. The number of thiazole rings is 1. The van der Waals surface area contributed by atoms with E-state index in [9.17, 15) is 9.59 Å². The number of aromatic nitrogens is 3. The zero-order valence-electron chi connectivity index (χ0n) is 19.4. The number of pyridine rings is 1. The van der Waals surface area contributed by atoms with E-state index in [0.717, 1.165) is 28.9 Å². The number of rotatable bonds is 7. The Morgan fingerprint density at radius 1 is 1.25 bits per heavy atom. The van der Waals surface area contributed by atoms with E-state index in [1.165, 1.54) is 24.0 Å². The lowest BCUT2D eigenvalue weighted by molar-refractivity contribution is 0.0939. The van der Waals surface area contributed by atoms with Gasteiger partial charge in [-0.25, -0.2) is 4.98 Å². The summed E-state index contributed by atoms with van der Waals surface area (Å²) >= 11 is 1.37. The van der Waals surface area contributed by atoms with Crippen LogP contribution >= 0.6 is 11.3 Å². The predicted molar refractivity (Wildman–Crippen MR) is 135 cm³/mol. The Morgan fingerprint density at radius 2 is 1.97 bits per heavy atom. The summed E-state index contributed by atoms with van der Waals surface area (Å²) in [5.74, 6) is -0.216. The van der Waals surface area contributed by atoms with Gasteiger partial charge in [0.25, 0.3) is 11.5 Å². The zero-order valence-corrected chi connectivity index (χ0v) is 20.2. The van der Waals surface area contributed by atoms with Crippen LogP contribution in [0.3, 0.4) is 0 Å². The first-order valence-corrected chi connectivity index (χ1v) is 11.7. The van der Waals surface area contributed by atoms with Crippen molar-refractivity contribution >= 4 is 23.3 Å². The molecule has 0 fully saturated rings. The first-order chi connectivity index (χ1) is 15.4. The molecule has 3 aromatic rings. The number of aromatic amines is 2. The number of amides is 1. The number of nitrogens with zero attached hydrogens (tertiary/aromatic N) is 1. The van der Waals surface area contributed by atoms with Crippen LogP contribution < -0.4 is 10.9 Å². The molecule has 1 atom stereocenters. The van der Waals surface area contributed by atoms with Crippen LogP contribution in [0.15, 0.2) is 47.4 Å². The van der Waals surface area contributed by atoms with Crippen molar-refractivity contribution in [1.82, 2.24) is 20.3 Å². The van der Waals surface area contributed by atoms with Gasteiger partial charge in [0, 0.05) is 40.6 Å². The Bertz CT molecular complexity index is 1140. The first kappa shape index (κ1) is 25.1. The highest BCUT2D eigenvalue weighted by atomic mass is 32.1. The lowest BCUT2D eigenvalue weighted by Gasteiger charge is -2.11. The number of carbonyl (C=O) groups is 1. The van der Waals surface area contributed by atoms with E-state index in [0.29, 0.717) is 16.1 Å². The number of hydrogen-bond acceptors (Lipinski definition) is 4. The Hall–Kier alpha value is -3.19. The van der Waals surface area contributed by atoms with Crippen LogP contribution in [0.2, 0.25) is 0 Å². The molecule has 0 aliphatic heterocycles. The normalized spacial score (nSPS) is 11.7. The minimum absolute atomic E-state index is 0.0585. The van der Waals surface area contributed by atoms with E-state index in [1.807, 2.05) is 44.5 Å². The van der Waals surface area contributed by atoms with Crippen molar-refractivity contribution in [2.75, 3.05) is 0 Å². The van der Waals surface area contributed by atoms with Gasteiger partial charge in [-0.15, -0.1) is 11.3 Å². The summed E-state index contributed by atoms with van der Waals surface area (Å²) in [6, 6.07) is 1.66. The van der Waals surface area contributed by atoms with Crippen molar-refractivity contribution in [2.24, 2.45) is 0 Å². The molecule has 170 valence electrons. The molecular weight excluding hydrogens is 420 g/mol. The predicted octanol–water partition coefficient (Wildman–Crippen LogP) is 5.95. The van der Waals surface area contributed by atoms with Gasteiger partial charge in [0.2, 0.25) is 0 Å². The summed E-state index contributed by atoms with van der Waals surface area (Å²) in [5, 5.41) is 5.38. The van der Waals surface area contributed by atoms with Crippen molar-refractivity contribution in [3.05, 3.63) is 69.7 Å². The molecule has 3 N–H and O–H groups in total. The molecular formula is C25H32N4O2S. The molecule has 3 rings (SSSR count). The number of nitrogens with one attached hydrogen (secondary N) is 3. The average Bonchev–Trinajstić information content (AvgIpc) is 3.39. The van der Waals surface area contributed by atoms with E-state index in [-0.39, 0.29) is 17.5 Å². The van der Waals surface area contributed by atoms with Crippen molar-refractivity contribution in [1.29, 1.82) is 0 Å². The Kier molecular flexibility index (Phi) is 9.40. The molecule has 6 nitrogen and oxygen atoms in total. The lowest BCUT2D eigenvalue weighted by atomic mass is 10.1. The molecule has 0 saturated carbocycles. The van der Waals surface area contributed by atoms with Gasteiger partial charge in [0.15, 0.2) is 0 Å². The zero-order chi connectivity index (χ0) is 23.7. The number of carbonyl (C=O) groups excluding carboxylic acids is 1. The molecule has 0 bridgehead atoms. The summed E-state index contributed by atoms with van der Waals surface area (Å²) < 4.78 is 0. The third kappa shape index (κ3) is 6.17. The highest BCUT2D eigenvalue weighted by Crippen LogP contribution is 2.31. The topological polar surface area (TPSA) is 90.6 Å². The third-order valence-corrected chi connectivity index (χ3v) is 5.57. The van der Waals surface area contributed by atoms with Crippen LogP contribution in [0.4, 0.5) is 0 Å². The van der Waals surface area contributed by atoms with Crippen molar-refractivity contribution in [2.45, 2.75) is 53.5 Å². The van der Waals surface area contributed by atoms with Crippen molar-refractivity contribution in [3.8, 4) is 21.8 Å². The fourth-order valence-electron chi connectivity index (χ4n) is 2.83. The standard InChI is InChI=1S/C22H24N4O2S.C3H8/c1-5-7-8-16-14(4)23-11-18(16)19-12-29-22(26-19)17-9-15(10-24-21(17)28)20(27)25-13(3)6-2;1-3-2/h5,7-13,23H,1,6H2,2-4H3,(H,24,28)(H,25,27);3H2,1-2H3/b8-7-;. The maximum absolute atomic E-state index is 12.4. The smallest absolute Gasteiger partial charge is 0.258 e. The lowest BCUT2D eigenvalue weighted by Crippen LogP contribution is -2.32. The number of aryl methyl sites for hydroxylation is 1. The highest BCUT2D eigenvalue weighted by Gasteiger charge is 2.16. The van der Waals surface area contributed by atoms with Gasteiger partial charge < -0.3 is 15.3 Å². The molecule has 1 unspecified atom stereocenters. The minimum Gasteiger partial charge on any atom is -0.364 e. The average molecular weight is 453 g/mol. The van der Waals surface area contributed by atoms with Crippen LogP contribution in [0.25, 0.3) is 27.9 Å². The van der Waals surface area contributed by atoms with Gasteiger partial charge in [0.1, 0.15) is 5.01 Å². The molecule has 3 heterocycles. The minimum atomic E-state index is -0.275. The van der Waals surface area contributed by atoms with Crippen molar-refractivity contribution in [3.63, 3.8) is 0 Å². The van der Waals surface area contributed by atoms with Crippen LogP contribution in [0.5, 0.6) is 0 Å². The first-order valence-electron chi connectivity index (χ1n) is 10.8. The largest absolute Gasteiger partial charge is 0.364 e. The van der Waals surface area contributed by atoms with Crippen LogP contribution in [-0.4, -0.2) is 26.9 Å². The molecule has 0 aliphatic carbocycles. The van der Waals surface area contributed by atoms with E-state index in [1.54, 1.807) is 12.1 Å². The van der Waals surface area contributed by atoms with Gasteiger partial charge >= 0.3 is 0 Å². The SMILES string of the molecule is C=C/C=C\c1c(-c2csc(-c3cc(C(=O)NC(C)CC)c[nH]c3=O)n2)c[nH]c1C.CCC. The Balaban J connectivity index is 0.00000114. The number of H-pyrrole nitrogens is 2. The number of hydrogen-bond donors (Lipinski definition) is 3. The third-order valence-electron chi connectivity index (χ3n) is 4.69. The van der Waals surface area contributed by atoms with E-state index < -0.39 is 0 Å². The van der Waals surface area contributed by atoms with Gasteiger partial charge in [-0.3, -0.25) is 9.59 Å². The van der Waals surface area contributed by atoms with E-state index in [4.69, 9.17) is 0 Å². The molecule has 0 aliphatic rings. The van der Waals surface area contributed by atoms with Crippen molar-refractivity contribution < 1.29 is 4.79 Å². The second-order valence-corrected chi connectivity index (χ2v) is 8.35. The summed E-state index contributed by atoms with van der Waals surface area (Å²) in [4.78, 5) is 35.3. The molecule has 1 amide bonds. The van der Waals surface area contributed by atoms with Crippen LogP contribution in [0, 0.1) is 6.92 Å². The van der Waals surface area contributed by atoms with Crippen LogP contribution in [0.1, 0.15) is 62.2 Å². The maximum atomic E-state index is 12.4. The summed E-state index contributed by atoms with van der Waals surface area (Å²) in [7, 11) is 0.